The Balaban J connectivity index is 2.12. The number of aryl methyl sites for hydroxylation is 1. The molecule has 2 unspecified atom stereocenters. The van der Waals surface area contributed by atoms with Gasteiger partial charge in [-0.3, -0.25) is 13.9 Å². The first-order valence-electron chi connectivity index (χ1n) is 13.1. The number of sulfonamides is 1. The van der Waals surface area contributed by atoms with Gasteiger partial charge >= 0.3 is 0 Å². The smallest absolute Gasteiger partial charge is 0.244 e. The number of rotatable bonds is 12. The summed E-state index contributed by atoms with van der Waals surface area (Å²) in [7, 11) is -3.92. The number of anilines is 1. The summed E-state index contributed by atoms with van der Waals surface area (Å²) >= 11 is 19.3. The maximum atomic E-state index is 14.2. The Bertz CT molecular complexity index is 1470. The third-order valence-corrected chi connectivity index (χ3v) is 9.04. The van der Waals surface area contributed by atoms with Crippen molar-refractivity contribution < 1.29 is 18.0 Å². The molecule has 0 heterocycles. The van der Waals surface area contributed by atoms with E-state index in [1.54, 1.807) is 37.3 Å². The Morgan fingerprint density at radius 3 is 2.12 bits per heavy atom. The Morgan fingerprint density at radius 2 is 1.56 bits per heavy atom. The van der Waals surface area contributed by atoms with Gasteiger partial charge in [0.1, 0.15) is 12.6 Å². The molecule has 220 valence electrons. The van der Waals surface area contributed by atoms with E-state index in [1.165, 1.54) is 11.0 Å². The molecule has 2 atom stereocenters. The third kappa shape index (κ3) is 8.85. The molecule has 3 rings (SSSR count). The summed E-state index contributed by atoms with van der Waals surface area (Å²) in [6.45, 7) is 4.93. The molecular weight excluding hydrogens is 605 g/mol. The quantitative estimate of drug-likeness (QED) is 0.253. The molecule has 0 radical (unpaired) electrons. The number of nitrogens with zero attached hydrogens (tertiary/aromatic N) is 2. The van der Waals surface area contributed by atoms with E-state index in [2.05, 4.69) is 5.32 Å². The van der Waals surface area contributed by atoms with Crippen molar-refractivity contribution in [2.45, 2.75) is 52.2 Å². The summed E-state index contributed by atoms with van der Waals surface area (Å²) in [5.41, 5.74) is 2.26. The SMILES string of the molecule is CCC(C)NC(=O)C(Cc1ccccc1)N(Cc1c(Cl)cccc1Cl)C(=O)CN(c1ccc(C)c(Cl)c1)S(C)(=O)=O. The zero-order chi connectivity index (χ0) is 30.3. The van der Waals surface area contributed by atoms with E-state index in [9.17, 15) is 18.0 Å². The Labute approximate surface area is 257 Å². The lowest BCUT2D eigenvalue weighted by atomic mass is 10.0. The van der Waals surface area contributed by atoms with Gasteiger partial charge in [0.2, 0.25) is 21.8 Å². The summed E-state index contributed by atoms with van der Waals surface area (Å²) in [6, 6.07) is 17.9. The highest BCUT2D eigenvalue weighted by atomic mass is 35.5. The molecule has 2 amide bonds. The van der Waals surface area contributed by atoms with Crippen molar-refractivity contribution >= 4 is 62.3 Å². The molecule has 0 saturated carbocycles. The highest BCUT2D eigenvalue weighted by molar-refractivity contribution is 7.92. The lowest BCUT2D eigenvalue weighted by Gasteiger charge is -2.34. The molecule has 1 N–H and O–H groups in total. The standard InChI is InChI=1S/C30H34Cl3N3O4S/c1-5-21(3)34-30(38)28(16-22-10-7-6-8-11-22)35(18-24-25(31)12-9-13-26(24)32)29(37)19-36(41(4,39)40)23-15-14-20(2)27(33)17-23/h6-15,17,21,28H,5,16,18-19H2,1-4H3,(H,34,38). The van der Waals surface area contributed by atoms with Crippen molar-refractivity contribution in [2.75, 3.05) is 17.1 Å². The normalized spacial score (nSPS) is 12.9. The van der Waals surface area contributed by atoms with Gasteiger partial charge in [0.05, 0.1) is 11.9 Å². The van der Waals surface area contributed by atoms with Gasteiger partial charge in [-0.1, -0.05) is 84.2 Å². The minimum absolute atomic E-state index is 0.116. The van der Waals surface area contributed by atoms with Gasteiger partial charge in [-0.25, -0.2) is 8.42 Å². The van der Waals surface area contributed by atoms with Crippen molar-refractivity contribution in [1.29, 1.82) is 0 Å². The summed E-state index contributed by atoms with van der Waals surface area (Å²) in [4.78, 5) is 29.3. The minimum atomic E-state index is -3.92. The van der Waals surface area contributed by atoms with Crippen LogP contribution in [0.2, 0.25) is 15.1 Å². The van der Waals surface area contributed by atoms with E-state index in [0.717, 1.165) is 21.7 Å². The lowest BCUT2D eigenvalue weighted by Crippen LogP contribution is -2.54. The molecule has 41 heavy (non-hydrogen) atoms. The topological polar surface area (TPSA) is 86.8 Å². The molecule has 0 spiro atoms. The molecule has 11 heteroatoms. The van der Waals surface area contributed by atoms with Crippen LogP contribution in [0.5, 0.6) is 0 Å². The first-order valence-corrected chi connectivity index (χ1v) is 16.1. The van der Waals surface area contributed by atoms with E-state index < -0.39 is 28.5 Å². The first kappa shape index (κ1) is 32.7. The molecule has 0 aromatic heterocycles. The number of amides is 2. The van der Waals surface area contributed by atoms with Crippen LogP contribution in [0.4, 0.5) is 5.69 Å². The van der Waals surface area contributed by atoms with Crippen LogP contribution in [0, 0.1) is 6.92 Å². The number of hydrogen-bond acceptors (Lipinski definition) is 4. The van der Waals surface area contributed by atoms with Gasteiger partial charge in [0, 0.05) is 39.6 Å². The number of carbonyl (C=O) groups excluding carboxylic acids is 2. The lowest BCUT2D eigenvalue weighted by molar-refractivity contribution is -0.140. The van der Waals surface area contributed by atoms with E-state index in [4.69, 9.17) is 34.8 Å². The number of benzene rings is 3. The van der Waals surface area contributed by atoms with Gasteiger partial charge in [0.15, 0.2) is 0 Å². The number of carbonyl (C=O) groups is 2. The van der Waals surface area contributed by atoms with Crippen LogP contribution in [0.1, 0.15) is 37.0 Å². The second kappa shape index (κ2) is 14.4. The Morgan fingerprint density at radius 1 is 0.927 bits per heavy atom. The van der Waals surface area contributed by atoms with Gasteiger partial charge in [-0.15, -0.1) is 0 Å². The maximum absolute atomic E-state index is 14.2. The molecule has 0 saturated heterocycles. The van der Waals surface area contributed by atoms with E-state index in [0.29, 0.717) is 27.1 Å². The highest BCUT2D eigenvalue weighted by Crippen LogP contribution is 2.29. The zero-order valence-electron chi connectivity index (χ0n) is 23.4. The summed E-state index contributed by atoms with van der Waals surface area (Å²) < 4.78 is 26.8. The predicted octanol–water partition coefficient (Wildman–Crippen LogP) is 6.28. The monoisotopic (exact) mass is 637 g/mol. The summed E-state index contributed by atoms with van der Waals surface area (Å²) in [6.07, 6.45) is 1.89. The fourth-order valence-corrected chi connectivity index (χ4v) is 5.73. The summed E-state index contributed by atoms with van der Waals surface area (Å²) in [5.74, 6) is -0.979. The molecule has 3 aromatic rings. The molecule has 0 aliphatic carbocycles. The number of nitrogens with one attached hydrogen (secondary N) is 1. The molecule has 0 fully saturated rings. The average molecular weight is 639 g/mol. The van der Waals surface area contributed by atoms with Crippen molar-refractivity contribution in [1.82, 2.24) is 10.2 Å². The van der Waals surface area contributed by atoms with Crippen molar-refractivity contribution in [2.24, 2.45) is 0 Å². The van der Waals surface area contributed by atoms with Crippen LogP contribution in [0.25, 0.3) is 0 Å². The van der Waals surface area contributed by atoms with Crippen molar-refractivity contribution in [3.63, 3.8) is 0 Å². The van der Waals surface area contributed by atoms with Crippen LogP contribution in [0.3, 0.4) is 0 Å². The van der Waals surface area contributed by atoms with Crippen LogP contribution in [-0.4, -0.2) is 50.0 Å². The molecule has 0 aliphatic rings. The molecule has 0 bridgehead atoms. The fourth-order valence-electron chi connectivity index (χ4n) is 4.20. The van der Waals surface area contributed by atoms with Crippen molar-refractivity contribution in [3.8, 4) is 0 Å². The Hall–Kier alpha value is -2.78. The minimum Gasteiger partial charge on any atom is -0.352 e. The Kier molecular flexibility index (Phi) is 11.5. The number of halogens is 3. The highest BCUT2D eigenvalue weighted by Gasteiger charge is 2.34. The van der Waals surface area contributed by atoms with Crippen LogP contribution >= 0.6 is 34.8 Å². The van der Waals surface area contributed by atoms with Crippen molar-refractivity contribution in [3.05, 3.63) is 98.5 Å². The van der Waals surface area contributed by atoms with Gasteiger partial charge in [-0.2, -0.15) is 0 Å². The molecule has 0 aliphatic heterocycles. The fraction of sp³-hybridized carbons (Fsp3) is 0.333. The second-order valence-corrected chi connectivity index (χ2v) is 13.1. The maximum Gasteiger partial charge on any atom is 0.244 e. The molecule has 3 aromatic carbocycles. The van der Waals surface area contributed by atoms with E-state index >= 15 is 0 Å². The van der Waals surface area contributed by atoms with Gasteiger partial charge in [-0.05, 0) is 55.7 Å². The largest absolute Gasteiger partial charge is 0.352 e. The molecule has 7 nitrogen and oxygen atoms in total. The van der Waals surface area contributed by atoms with E-state index in [-0.39, 0.29) is 30.6 Å². The first-order chi connectivity index (χ1) is 19.3. The third-order valence-electron chi connectivity index (χ3n) is 6.78. The van der Waals surface area contributed by atoms with E-state index in [1.807, 2.05) is 44.2 Å². The van der Waals surface area contributed by atoms with Gasteiger partial charge < -0.3 is 10.2 Å². The van der Waals surface area contributed by atoms with Crippen LogP contribution < -0.4 is 9.62 Å². The predicted molar refractivity (Wildman–Crippen MR) is 167 cm³/mol. The zero-order valence-corrected chi connectivity index (χ0v) is 26.5. The molecular formula is C30H34Cl3N3O4S. The second-order valence-electron chi connectivity index (χ2n) is 9.95. The average Bonchev–Trinajstić information content (AvgIpc) is 2.92. The number of hydrogen-bond donors (Lipinski definition) is 1. The van der Waals surface area contributed by atoms with Crippen LogP contribution in [0.15, 0.2) is 66.7 Å². The summed E-state index contributed by atoms with van der Waals surface area (Å²) in [5, 5.41) is 3.98. The van der Waals surface area contributed by atoms with Crippen LogP contribution in [-0.2, 0) is 32.6 Å². The van der Waals surface area contributed by atoms with Gasteiger partial charge in [0.25, 0.3) is 0 Å².